The van der Waals surface area contributed by atoms with Crippen molar-refractivity contribution >= 4 is 17.4 Å². The minimum absolute atomic E-state index is 0.105. The Bertz CT molecular complexity index is 1170. The largest absolute Gasteiger partial charge is 0.506 e. The molecule has 2 aromatic carbocycles. The normalized spacial score (nSPS) is 17.3. The maximum atomic E-state index is 13.2. The first kappa shape index (κ1) is 22.0. The highest BCUT2D eigenvalue weighted by molar-refractivity contribution is 6.46. The molecule has 1 aromatic heterocycles. The van der Waals surface area contributed by atoms with E-state index in [2.05, 4.69) is 0 Å². The molecule has 0 radical (unpaired) electrons. The summed E-state index contributed by atoms with van der Waals surface area (Å²) in [6, 6.07) is 14.5. The SMILES string of the molecule is COc1ccc(CN2C(=O)C(=O)/C(=C(/O)c3c(OC)cccc3OC)C2c2ccco2)cc1. The molecule has 1 unspecified atom stereocenters. The van der Waals surface area contributed by atoms with E-state index in [-0.39, 0.29) is 17.7 Å². The van der Waals surface area contributed by atoms with Crippen LogP contribution in [-0.4, -0.2) is 43.0 Å². The van der Waals surface area contributed by atoms with Crippen molar-refractivity contribution in [3.8, 4) is 17.2 Å². The molecule has 8 nitrogen and oxygen atoms in total. The summed E-state index contributed by atoms with van der Waals surface area (Å²) in [7, 11) is 4.45. The second kappa shape index (κ2) is 9.12. The van der Waals surface area contributed by atoms with E-state index in [4.69, 9.17) is 18.6 Å². The molecule has 0 aliphatic carbocycles. The van der Waals surface area contributed by atoms with E-state index in [9.17, 15) is 14.7 Å². The van der Waals surface area contributed by atoms with Gasteiger partial charge in [0.05, 0.1) is 33.2 Å². The Morgan fingerprint density at radius 2 is 1.61 bits per heavy atom. The fourth-order valence-corrected chi connectivity index (χ4v) is 3.93. The molecule has 3 aromatic rings. The number of aliphatic hydroxyl groups is 1. The van der Waals surface area contributed by atoms with E-state index in [0.29, 0.717) is 23.0 Å². The number of likely N-dealkylation sites (tertiary alicyclic amines) is 1. The third-order valence-electron chi connectivity index (χ3n) is 5.53. The number of carbonyl (C=O) groups is 2. The minimum atomic E-state index is -0.934. The lowest BCUT2D eigenvalue weighted by atomic mass is 9.98. The summed E-state index contributed by atoms with van der Waals surface area (Å²) in [4.78, 5) is 27.6. The Kier molecular flexibility index (Phi) is 6.08. The summed E-state index contributed by atoms with van der Waals surface area (Å²) >= 11 is 0. The molecule has 1 amide bonds. The average molecular weight is 449 g/mol. The van der Waals surface area contributed by atoms with Gasteiger partial charge in [-0.3, -0.25) is 9.59 Å². The number of amides is 1. The first-order chi connectivity index (χ1) is 16.0. The third kappa shape index (κ3) is 3.91. The lowest BCUT2D eigenvalue weighted by Crippen LogP contribution is -2.29. The number of methoxy groups -OCH3 is 3. The number of hydrogen-bond acceptors (Lipinski definition) is 7. The smallest absolute Gasteiger partial charge is 0.296 e. The van der Waals surface area contributed by atoms with Gasteiger partial charge in [0.2, 0.25) is 0 Å². The number of ketones is 1. The molecule has 1 aliphatic heterocycles. The van der Waals surface area contributed by atoms with Gasteiger partial charge in [-0.25, -0.2) is 0 Å². The number of aliphatic hydroxyl groups excluding tert-OH is 1. The van der Waals surface area contributed by atoms with Gasteiger partial charge < -0.3 is 28.6 Å². The van der Waals surface area contributed by atoms with E-state index in [1.165, 1.54) is 25.4 Å². The van der Waals surface area contributed by atoms with E-state index >= 15 is 0 Å². The molecule has 33 heavy (non-hydrogen) atoms. The van der Waals surface area contributed by atoms with Gasteiger partial charge in [-0.15, -0.1) is 0 Å². The van der Waals surface area contributed by atoms with Crippen molar-refractivity contribution in [3.63, 3.8) is 0 Å². The Morgan fingerprint density at radius 3 is 2.15 bits per heavy atom. The molecule has 0 bridgehead atoms. The average Bonchev–Trinajstić information content (AvgIpc) is 3.46. The second-order valence-corrected chi connectivity index (χ2v) is 7.33. The van der Waals surface area contributed by atoms with Crippen LogP contribution in [-0.2, 0) is 16.1 Å². The lowest BCUT2D eigenvalue weighted by molar-refractivity contribution is -0.140. The molecule has 1 atom stereocenters. The number of rotatable bonds is 7. The molecule has 1 fully saturated rings. The van der Waals surface area contributed by atoms with Crippen molar-refractivity contribution in [1.29, 1.82) is 0 Å². The number of hydrogen-bond donors (Lipinski definition) is 1. The number of ether oxygens (including phenoxy) is 3. The van der Waals surface area contributed by atoms with Crippen LogP contribution in [0.4, 0.5) is 0 Å². The quantitative estimate of drug-likeness (QED) is 0.332. The summed E-state index contributed by atoms with van der Waals surface area (Å²) in [5.74, 6) is -0.359. The van der Waals surface area contributed by atoms with Crippen LogP contribution in [0.25, 0.3) is 5.76 Å². The van der Waals surface area contributed by atoms with E-state index < -0.39 is 23.5 Å². The van der Waals surface area contributed by atoms with Gasteiger partial charge in [0.15, 0.2) is 0 Å². The van der Waals surface area contributed by atoms with Crippen LogP contribution in [0.2, 0.25) is 0 Å². The van der Waals surface area contributed by atoms with Crippen LogP contribution in [0.5, 0.6) is 17.2 Å². The van der Waals surface area contributed by atoms with Gasteiger partial charge in [-0.2, -0.15) is 0 Å². The van der Waals surface area contributed by atoms with Gasteiger partial charge in [-0.05, 0) is 42.0 Å². The summed E-state index contributed by atoms with van der Waals surface area (Å²) in [6.07, 6.45) is 1.45. The van der Waals surface area contributed by atoms with Crippen molar-refractivity contribution < 1.29 is 33.3 Å². The van der Waals surface area contributed by atoms with E-state index in [1.807, 2.05) is 0 Å². The predicted octanol–water partition coefficient (Wildman–Crippen LogP) is 3.93. The van der Waals surface area contributed by atoms with Crippen LogP contribution in [0.1, 0.15) is 22.9 Å². The first-order valence-corrected chi connectivity index (χ1v) is 10.2. The molecule has 0 spiro atoms. The van der Waals surface area contributed by atoms with Crippen molar-refractivity contribution in [1.82, 2.24) is 4.90 Å². The number of furan rings is 1. The zero-order valence-corrected chi connectivity index (χ0v) is 18.4. The molecule has 4 rings (SSSR count). The monoisotopic (exact) mass is 449 g/mol. The molecular weight excluding hydrogens is 426 g/mol. The molecule has 1 aliphatic rings. The predicted molar refractivity (Wildman–Crippen MR) is 119 cm³/mol. The Morgan fingerprint density at radius 1 is 0.939 bits per heavy atom. The van der Waals surface area contributed by atoms with E-state index in [1.54, 1.807) is 61.7 Å². The second-order valence-electron chi connectivity index (χ2n) is 7.33. The fourth-order valence-electron chi connectivity index (χ4n) is 3.93. The number of nitrogens with zero attached hydrogens (tertiary/aromatic N) is 1. The third-order valence-corrected chi connectivity index (χ3v) is 5.53. The summed E-state index contributed by atoms with van der Waals surface area (Å²) in [5.41, 5.74) is 0.858. The van der Waals surface area contributed by atoms with Gasteiger partial charge in [0, 0.05) is 6.54 Å². The van der Waals surface area contributed by atoms with Crippen LogP contribution >= 0.6 is 0 Å². The highest BCUT2D eigenvalue weighted by Crippen LogP contribution is 2.44. The van der Waals surface area contributed by atoms with Gasteiger partial charge >= 0.3 is 0 Å². The zero-order valence-electron chi connectivity index (χ0n) is 18.4. The lowest BCUT2D eigenvalue weighted by Gasteiger charge is -2.23. The van der Waals surface area contributed by atoms with Gasteiger partial charge in [0.25, 0.3) is 11.7 Å². The van der Waals surface area contributed by atoms with Crippen LogP contribution < -0.4 is 14.2 Å². The molecule has 2 heterocycles. The minimum Gasteiger partial charge on any atom is -0.506 e. The van der Waals surface area contributed by atoms with E-state index in [0.717, 1.165) is 5.56 Å². The van der Waals surface area contributed by atoms with Crippen molar-refractivity contribution in [3.05, 3.63) is 83.3 Å². The molecular formula is C25H23NO7. The molecule has 1 saturated heterocycles. The number of benzene rings is 2. The standard InChI is InChI=1S/C25H23NO7/c1-30-16-11-9-15(10-12-16)14-26-22(19-8-5-13-33-19)21(24(28)25(26)29)23(27)20-17(31-2)6-4-7-18(20)32-3/h4-13,22,27H,14H2,1-3H3/b23-21+. The number of carbonyl (C=O) groups excluding carboxylic acids is 2. The van der Waals surface area contributed by atoms with Crippen LogP contribution in [0, 0.1) is 0 Å². The van der Waals surface area contributed by atoms with Crippen molar-refractivity contribution in [2.45, 2.75) is 12.6 Å². The zero-order chi connectivity index (χ0) is 23.5. The molecule has 1 N–H and O–H groups in total. The molecule has 170 valence electrons. The molecule has 0 saturated carbocycles. The highest BCUT2D eigenvalue weighted by atomic mass is 16.5. The highest BCUT2D eigenvalue weighted by Gasteiger charge is 2.48. The van der Waals surface area contributed by atoms with Crippen LogP contribution in [0.15, 0.2) is 70.9 Å². The Hall–Kier alpha value is -4.20. The van der Waals surface area contributed by atoms with Gasteiger partial charge in [-0.1, -0.05) is 18.2 Å². The topological polar surface area (TPSA) is 98.4 Å². The fraction of sp³-hybridized carbons (Fsp3) is 0.200. The summed E-state index contributed by atoms with van der Waals surface area (Å²) < 4.78 is 21.5. The summed E-state index contributed by atoms with van der Waals surface area (Å²) in [5, 5.41) is 11.3. The summed E-state index contributed by atoms with van der Waals surface area (Å²) in [6.45, 7) is 0.125. The maximum absolute atomic E-state index is 13.2. The maximum Gasteiger partial charge on any atom is 0.296 e. The Balaban J connectivity index is 1.86. The van der Waals surface area contributed by atoms with Crippen molar-refractivity contribution in [2.24, 2.45) is 0 Å². The molecule has 8 heteroatoms. The van der Waals surface area contributed by atoms with Gasteiger partial charge in [0.1, 0.15) is 40.4 Å². The van der Waals surface area contributed by atoms with Crippen LogP contribution in [0.3, 0.4) is 0 Å². The first-order valence-electron chi connectivity index (χ1n) is 10.2. The van der Waals surface area contributed by atoms with Crippen molar-refractivity contribution in [2.75, 3.05) is 21.3 Å². The Labute approximate surface area is 190 Å². The number of Topliss-reactive ketones (excluding diaryl/α,β-unsaturated/α-hetero) is 1.